The van der Waals surface area contributed by atoms with E-state index in [0.717, 1.165) is 17.7 Å². The number of thiophene rings is 1. The minimum absolute atomic E-state index is 0.121. The molecule has 1 aromatic carbocycles. The average molecular weight is 466 g/mol. The molecule has 2 aromatic heterocycles. The van der Waals surface area contributed by atoms with Crippen molar-refractivity contribution < 1.29 is 19.4 Å². The minimum Gasteiger partial charge on any atom is -0.507 e. The van der Waals surface area contributed by atoms with E-state index < -0.39 is 17.7 Å². The van der Waals surface area contributed by atoms with Gasteiger partial charge >= 0.3 is 0 Å². The number of ketones is 1. The molecule has 4 rings (SSSR count). The molecule has 1 aliphatic rings. The van der Waals surface area contributed by atoms with E-state index in [4.69, 9.17) is 4.74 Å². The number of rotatable bonds is 10. The second-order valence-corrected chi connectivity index (χ2v) is 8.87. The van der Waals surface area contributed by atoms with Crippen LogP contribution < -0.4 is 4.74 Å². The molecule has 0 bridgehead atoms. The Kier molecular flexibility index (Phi) is 7.24. The third-order valence-corrected chi connectivity index (χ3v) is 6.53. The molecule has 1 amide bonds. The first-order chi connectivity index (χ1) is 16.1. The Labute approximate surface area is 196 Å². The van der Waals surface area contributed by atoms with Gasteiger partial charge in [-0.1, -0.05) is 31.5 Å². The van der Waals surface area contributed by atoms with E-state index in [0.29, 0.717) is 37.4 Å². The van der Waals surface area contributed by atoms with Gasteiger partial charge in [0.2, 0.25) is 0 Å². The zero-order chi connectivity index (χ0) is 23.2. The Morgan fingerprint density at radius 2 is 2.06 bits per heavy atom. The van der Waals surface area contributed by atoms with Gasteiger partial charge in [-0.3, -0.25) is 9.59 Å². The van der Waals surface area contributed by atoms with Crippen molar-refractivity contribution in [2.75, 3.05) is 13.2 Å². The highest BCUT2D eigenvalue weighted by molar-refractivity contribution is 7.10. The largest absolute Gasteiger partial charge is 0.507 e. The van der Waals surface area contributed by atoms with Gasteiger partial charge in [0.05, 0.1) is 24.5 Å². The van der Waals surface area contributed by atoms with Crippen LogP contribution in [-0.4, -0.2) is 44.4 Å². The Hall–Kier alpha value is -3.39. The number of aromatic nitrogens is 2. The van der Waals surface area contributed by atoms with E-state index in [1.54, 1.807) is 35.6 Å². The number of aliphatic hydroxyl groups is 1. The summed E-state index contributed by atoms with van der Waals surface area (Å²) in [6, 6.07) is 10.2. The molecule has 0 radical (unpaired) electrons. The minimum atomic E-state index is -0.661. The van der Waals surface area contributed by atoms with Crippen LogP contribution in [-0.2, 0) is 16.1 Å². The number of imidazole rings is 1. The number of unbranched alkanes of at least 4 members (excludes halogenated alkanes) is 1. The van der Waals surface area contributed by atoms with Gasteiger partial charge in [-0.05, 0) is 36.4 Å². The third-order valence-electron chi connectivity index (χ3n) is 5.60. The number of carbonyl (C=O) groups is 2. The number of aliphatic hydroxyl groups excluding tert-OH is 1. The number of hydrogen-bond acceptors (Lipinski definition) is 6. The van der Waals surface area contributed by atoms with E-state index in [2.05, 4.69) is 11.9 Å². The smallest absolute Gasteiger partial charge is 0.295 e. The summed E-state index contributed by atoms with van der Waals surface area (Å²) < 4.78 is 7.69. The van der Waals surface area contributed by atoms with Crippen LogP contribution in [0.5, 0.6) is 5.75 Å². The highest BCUT2D eigenvalue weighted by Gasteiger charge is 2.46. The van der Waals surface area contributed by atoms with Crippen molar-refractivity contribution in [1.29, 1.82) is 0 Å². The lowest BCUT2D eigenvalue weighted by Gasteiger charge is -2.24. The molecule has 8 heteroatoms. The Bertz CT molecular complexity index is 1120. The summed E-state index contributed by atoms with van der Waals surface area (Å²) in [5, 5.41) is 13.1. The van der Waals surface area contributed by atoms with Gasteiger partial charge in [-0.2, -0.15) is 0 Å². The van der Waals surface area contributed by atoms with Crippen LogP contribution in [0.1, 0.15) is 42.7 Å². The second-order valence-electron chi connectivity index (χ2n) is 7.89. The first-order valence-electron chi connectivity index (χ1n) is 11.1. The zero-order valence-electron chi connectivity index (χ0n) is 18.5. The predicted octanol–water partition coefficient (Wildman–Crippen LogP) is 4.64. The maximum atomic E-state index is 13.1. The van der Waals surface area contributed by atoms with Gasteiger partial charge in [0, 0.05) is 35.9 Å². The van der Waals surface area contributed by atoms with E-state index in [1.165, 1.54) is 11.3 Å². The number of hydrogen-bond donors (Lipinski definition) is 1. The lowest BCUT2D eigenvalue weighted by atomic mass is 9.99. The van der Waals surface area contributed by atoms with Crippen molar-refractivity contribution >= 4 is 28.8 Å². The van der Waals surface area contributed by atoms with E-state index in [9.17, 15) is 14.7 Å². The quantitative estimate of drug-likeness (QED) is 0.204. The lowest BCUT2D eigenvalue weighted by molar-refractivity contribution is -0.139. The molecule has 33 heavy (non-hydrogen) atoms. The fourth-order valence-corrected chi connectivity index (χ4v) is 4.76. The van der Waals surface area contributed by atoms with Gasteiger partial charge in [-0.15, -0.1) is 11.3 Å². The SMILES string of the molecule is CCCCOc1cccc(C(O)=C2C(=O)C(=O)N(CCCn3ccnc3)[C@H]2c2cccs2)c1. The molecule has 1 aliphatic heterocycles. The number of ether oxygens (including phenoxy) is 1. The molecule has 0 aliphatic carbocycles. The molecule has 1 fully saturated rings. The maximum Gasteiger partial charge on any atom is 0.295 e. The molecule has 3 aromatic rings. The number of nitrogens with zero attached hydrogens (tertiary/aromatic N) is 3. The fourth-order valence-electron chi connectivity index (χ4n) is 3.92. The molecule has 1 atom stereocenters. The molecule has 0 saturated carbocycles. The van der Waals surface area contributed by atoms with Gasteiger partial charge in [-0.25, -0.2) is 4.98 Å². The normalized spacial score (nSPS) is 17.6. The van der Waals surface area contributed by atoms with Crippen molar-refractivity contribution in [3.63, 3.8) is 0 Å². The summed E-state index contributed by atoms with van der Waals surface area (Å²) in [4.78, 5) is 32.5. The Balaban J connectivity index is 1.64. The highest BCUT2D eigenvalue weighted by Crippen LogP contribution is 2.41. The van der Waals surface area contributed by atoms with Crippen LogP contribution in [0.2, 0.25) is 0 Å². The first kappa shape index (κ1) is 22.8. The van der Waals surface area contributed by atoms with Gasteiger partial charge in [0.15, 0.2) is 0 Å². The summed E-state index contributed by atoms with van der Waals surface area (Å²) in [6.07, 6.45) is 7.90. The van der Waals surface area contributed by atoms with Crippen molar-refractivity contribution in [3.05, 3.63) is 76.5 Å². The summed E-state index contributed by atoms with van der Waals surface area (Å²) in [7, 11) is 0. The standard InChI is InChI=1S/C25H27N3O4S/c1-2-3-14-32-19-8-4-7-18(16-19)23(29)21-22(20-9-5-15-33-20)28(25(31)24(21)30)12-6-11-27-13-10-26-17-27/h4-5,7-10,13,15-17,22,29H,2-3,6,11-12,14H2,1H3/t22-/m0/s1. The predicted molar refractivity (Wildman–Crippen MR) is 127 cm³/mol. The molecule has 0 unspecified atom stereocenters. The monoisotopic (exact) mass is 465 g/mol. The van der Waals surface area contributed by atoms with Crippen molar-refractivity contribution in [2.45, 2.75) is 38.8 Å². The summed E-state index contributed by atoms with van der Waals surface area (Å²) >= 11 is 1.46. The van der Waals surface area contributed by atoms with Gasteiger partial charge < -0.3 is 19.3 Å². The number of benzene rings is 1. The Morgan fingerprint density at radius 1 is 1.18 bits per heavy atom. The number of Topliss-reactive ketones (excluding diaryl/α,β-unsaturated/α-hetero) is 1. The molecule has 1 N–H and O–H groups in total. The maximum absolute atomic E-state index is 13.1. The number of aryl methyl sites for hydroxylation is 1. The molecule has 7 nitrogen and oxygen atoms in total. The molecular weight excluding hydrogens is 438 g/mol. The molecule has 3 heterocycles. The zero-order valence-corrected chi connectivity index (χ0v) is 19.3. The Morgan fingerprint density at radius 3 is 2.79 bits per heavy atom. The van der Waals surface area contributed by atoms with Crippen LogP contribution in [0.3, 0.4) is 0 Å². The third kappa shape index (κ3) is 5.01. The van der Waals surface area contributed by atoms with Crippen LogP contribution in [0.25, 0.3) is 5.76 Å². The van der Waals surface area contributed by atoms with Crippen molar-refractivity contribution in [3.8, 4) is 5.75 Å². The first-order valence-corrected chi connectivity index (χ1v) is 12.0. The van der Waals surface area contributed by atoms with E-state index in [-0.39, 0.29) is 11.3 Å². The van der Waals surface area contributed by atoms with Crippen molar-refractivity contribution in [2.24, 2.45) is 0 Å². The molecular formula is C25H27N3O4S. The molecule has 0 spiro atoms. The van der Waals surface area contributed by atoms with Gasteiger partial charge in [0.25, 0.3) is 11.7 Å². The molecule has 1 saturated heterocycles. The van der Waals surface area contributed by atoms with E-state index in [1.807, 2.05) is 34.3 Å². The summed E-state index contributed by atoms with van der Waals surface area (Å²) in [5.74, 6) is -0.804. The topological polar surface area (TPSA) is 84.7 Å². The van der Waals surface area contributed by atoms with E-state index >= 15 is 0 Å². The number of carbonyl (C=O) groups excluding carboxylic acids is 2. The van der Waals surface area contributed by atoms with Crippen LogP contribution in [0, 0.1) is 0 Å². The molecule has 172 valence electrons. The van der Waals surface area contributed by atoms with Crippen LogP contribution in [0.15, 0.2) is 66.1 Å². The number of likely N-dealkylation sites (tertiary alicyclic amines) is 1. The average Bonchev–Trinajstić information content (AvgIpc) is 3.58. The second kappa shape index (κ2) is 10.5. The van der Waals surface area contributed by atoms with Gasteiger partial charge in [0.1, 0.15) is 11.5 Å². The fraction of sp³-hybridized carbons (Fsp3) is 0.320. The van der Waals surface area contributed by atoms with Crippen molar-refractivity contribution in [1.82, 2.24) is 14.5 Å². The van der Waals surface area contributed by atoms with Crippen LogP contribution in [0.4, 0.5) is 0 Å². The lowest BCUT2D eigenvalue weighted by Crippen LogP contribution is -2.31. The summed E-state index contributed by atoms with van der Waals surface area (Å²) in [5.41, 5.74) is 0.581. The number of amides is 1. The van der Waals surface area contributed by atoms with Crippen LogP contribution >= 0.6 is 11.3 Å². The summed E-state index contributed by atoms with van der Waals surface area (Å²) in [6.45, 7) is 3.74. The highest BCUT2D eigenvalue weighted by atomic mass is 32.1.